The Labute approximate surface area is 232 Å². The number of amides is 2. The van der Waals surface area contributed by atoms with Crippen molar-refractivity contribution < 1.29 is 24.6 Å². The molecule has 1 saturated heterocycles. The molecule has 16 heteroatoms. The van der Waals surface area contributed by atoms with Gasteiger partial charge in [0.25, 0.3) is 5.91 Å². The third kappa shape index (κ3) is 5.94. The van der Waals surface area contributed by atoms with E-state index >= 15 is 0 Å². The van der Waals surface area contributed by atoms with Gasteiger partial charge in [0.05, 0.1) is 15.8 Å². The molecular weight excluding hydrogens is 589 g/mol. The number of nitrogens with zero attached hydrogens (tertiary/aromatic N) is 3. The van der Waals surface area contributed by atoms with E-state index < -0.39 is 23.3 Å². The number of aromatic nitrogens is 2. The molecule has 36 heavy (non-hydrogen) atoms. The number of nitrogens with two attached hydrogens (primary N) is 1. The molecule has 2 aliphatic heterocycles. The molecule has 1 fully saturated rings. The molecule has 190 valence electrons. The van der Waals surface area contributed by atoms with Crippen molar-refractivity contribution in [2.24, 2.45) is 0 Å². The number of carboxylic acids is 1. The predicted octanol–water partition coefficient (Wildman–Crippen LogP) is 3.34. The lowest BCUT2D eigenvalue weighted by atomic mass is 10.1. The third-order valence-corrected chi connectivity index (χ3v) is 10.5. The number of carboxylic acid groups (broad SMARTS) is 1. The van der Waals surface area contributed by atoms with E-state index in [-0.39, 0.29) is 29.2 Å². The fourth-order valence-electron chi connectivity index (χ4n) is 3.34. The second-order valence-electron chi connectivity index (χ2n) is 7.20. The zero-order valence-corrected chi connectivity index (χ0v) is 22.8. The van der Waals surface area contributed by atoms with Gasteiger partial charge in [-0.05, 0) is 12.1 Å². The smallest absolute Gasteiger partial charge is 0.353 e. The molecule has 0 unspecified atom stereocenters. The summed E-state index contributed by atoms with van der Waals surface area (Å²) in [6.07, 6.45) is 0. The Hall–Kier alpha value is -1.97. The van der Waals surface area contributed by atoms with Crippen LogP contribution in [-0.4, -0.2) is 70.9 Å². The Morgan fingerprint density at radius 1 is 1.22 bits per heavy atom. The number of aliphatic carboxylic acids is 1. The van der Waals surface area contributed by atoms with E-state index in [0.29, 0.717) is 35.7 Å². The lowest BCUT2D eigenvalue weighted by Gasteiger charge is -2.49. The van der Waals surface area contributed by atoms with Crippen molar-refractivity contribution in [3.05, 3.63) is 44.9 Å². The zero-order chi connectivity index (χ0) is 26.0. The second kappa shape index (κ2) is 11.6. The summed E-state index contributed by atoms with van der Waals surface area (Å²) in [7, 11) is 0. The molecule has 0 radical (unpaired) electrons. The Balaban J connectivity index is 1.36. The first-order valence-electron chi connectivity index (χ1n) is 10.0. The van der Waals surface area contributed by atoms with Gasteiger partial charge in [0.1, 0.15) is 22.1 Å². The maximum absolute atomic E-state index is 12.8. The second-order valence-corrected chi connectivity index (χ2v) is 12.5. The molecule has 0 aliphatic carbocycles. The van der Waals surface area contributed by atoms with Gasteiger partial charge < -0.3 is 21.3 Å². The lowest BCUT2D eigenvalue weighted by Crippen LogP contribution is -2.70. The number of carbonyl (C=O) groups excluding carboxylic acids is 2. The number of halogens is 2. The molecular formula is C20H17Cl2N5O5S4. The van der Waals surface area contributed by atoms with E-state index in [1.165, 1.54) is 46.3 Å². The van der Waals surface area contributed by atoms with Crippen molar-refractivity contribution in [3.8, 4) is 5.88 Å². The number of nitrogen functional groups attached to an aromatic ring is 1. The molecule has 2 aliphatic rings. The predicted molar refractivity (Wildman–Crippen MR) is 143 cm³/mol. The van der Waals surface area contributed by atoms with Crippen molar-refractivity contribution in [2.45, 2.75) is 21.3 Å². The fraction of sp³-hybridized carbons (Fsp3) is 0.250. The highest BCUT2D eigenvalue weighted by Crippen LogP contribution is 2.44. The van der Waals surface area contributed by atoms with Gasteiger partial charge in [-0.25, -0.2) is 9.78 Å². The van der Waals surface area contributed by atoms with Crippen molar-refractivity contribution in [1.82, 2.24) is 20.2 Å². The number of benzene rings is 1. The highest BCUT2D eigenvalue weighted by molar-refractivity contribution is 8.18. The number of thioether (sulfide) groups is 4. The van der Waals surface area contributed by atoms with Gasteiger partial charge in [-0.15, -0.1) is 35.3 Å². The van der Waals surface area contributed by atoms with Crippen LogP contribution in [0.15, 0.2) is 44.8 Å². The molecule has 0 saturated carbocycles. The first-order chi connectivity index (χ1) is 17.2. The van der Waals surface area contributed by atoms with E-state index in [2.05, 4.69) is 15.3 Å². The Morgan fingerprint density at radius 2 is 1.94 bits per heavy atom. The van der Waals surface area contributed by atoms with Gasteiger partial charge in [-0.2, -0.15) is 4.98 Å². The first kappa shape index (κ1) is 27.1. The van der Waals surface area contributed by atoms with Crippen LogP contribution in [0.1, 0.15) is 0 Å². The first-order valence-corrected chi connectivity index (χ1v) is 14.8. The van der Waals surface area contributed by atoms with Crippen molar-refractivity contribution >= 4 is 94.0 Å². The van der Waals surface area contributed by atoms with Crippen LogP contribution in [0.4, 0.5) is 5.95 Å². The number of hydrogen-bond donors (Lipinski definition) is 4. The van der Waals surface area contributed by atoms with E-state index in [1.807, 2.05) is 0 Å². The SMILES string of the molecule is Nc1nc(O)cc(SCSC2=C(C(=O)O)N3C(=O)[C@@H](NC(=O)CSc4c(Cl)cccc4Cl)[C@H]3SC2)n1. The van der Waals surface area contributed by atoms with Gasteiger partial charge in [-0.1, -0.05) is 41.0 Å². The van der Waals surface area contributed by atoms with Crippen LogP contribution >= 0.6 is 70.2 Å². The van der Waals surface area contributed by atoms with Crippen LogP contribution in [-0.2, 0) is 14.4 Å². The Kier molecular flexibility index (Phi) is 8.73. The van der Waals surface area contributed by atoms with Gasteiger partial charge >= 0.3 is 5.97 Å². The number of rotatable bonds is 9. The average molecular weight is 607 g/mol. The lowest BCUT2D eigenvalue weighted by molar-refractivity contribution is -0.150. The maximum atomic E-state index is 12.8. The van der Waals surface area contributed by atoms with Crippen LogP contribution in [0.3, 0.4) is 0 Å². The van der Waals surface area contributed by atoms with Gasteiger partial charge in [0.15, 0.2) is 0 Å². The number of anilines is 1. The van der Waals surface area contributed by atoms with E-state index in [1.54, 1.807) is 18.2 Å². The van der Waals surface area contributed by atoms with Crippen molar-refractivity contribution in [3.63, 3.8) is 0 Å². The highest BCUT2D eigenvalue weighted by Gasteiger charge is 2.54. The molecule has 1 aromatic heterocycles. The van der Waals surface area contributed by atoms with Gasteiger partial charge in [-0.3, -0.25) is 14.5 Å². The maximum Gasteiger partial charge on any atom is 0.353 e. The summed E-state index contributed by atoms with van der Waals surface area (Å²) in [5, 5.41) is 23.2. The summed E-state index contributed by atoms with van der Waals surface area (Å²) in [6, 6.07) is 5.56. The quantitative estimate of drug-likeness (QED) is 0.143. The van der Waals surface area contributed by atoms with E-state index in [9.17, 15) is 24.6 Å². The highest BCUT2D eigenvalue weighted by atomic mass is 35.5. The average Bonchev–Trinajstić information content (AvgIpc) is 2.81. The van der Waals surface area contributed by atoms with Crippen molar-refractivity contribution in [1.29, 1.82) is 0 Å². The number of hydrogen-bond acceptors (Lipinski definition) is 11. The Morgan fingerprint density at radius 3 is 2.61 bits per heavy atom. The number of aromatic hydroxyl groups is 1. The molecule has 2 atom stereocenters. The minimum Gasteiger partial charge on any atom is -0.493 e. The van der Waals surface area contributed by atoms with E-state index in [0.717, 1.165) is 11.8 Å². The molecule has 4 rings (SSSR count). The van der Waals surface area contributed by atoms with Crippen LogP contribution in [0.25, 0.3) is 0 Å². The molecule has 0 bridgehead atoms. The number of β-lactam (4-membered cyclic amide) rings is 1. The minimum atomic E-state index is -1.22. The molecule has 2 amide bonds. The summed E-state index contributed by atoms with van der Waals surface area (Å²) in [5.41, 5.74) is 5.43. The van der Waals surface area contributed by atoms with Gasteiger partial charge in [0.2, 0.25) is 17.7 Å². The summed E-state index contributed by atoms with van der Waals surface area (Å²) in [5.74, 6) is -2.08. The summed E-state index contributed by atoms with van der Waals surface area (Å²) in [6.45, 7) is 0. The Bertz CT molecular complexity index is 1230. The summed E-state index contributed by atoms with van der Waals surface area (Å²) < 4.78 is 0. The third-order valence-electron chi connectivity index (χ3n) is 4.87. The van der Waals surface area contributed by atoms with Crippen LogP contribution < -0.4 is 11.1 Å². The summed E-state index contributed by atoms with van der Waals surface area (Å²) >= 11 is 17.3. The van der Waals surface area contributed by atoms with Crippen LogP contribution in [0, 0.1) is 0 Å². The monoisotopic (exact) mass is 605 g/mol. The molecule has 5 N–H and O–H groups in total. The fourth-order valence-corrected chi connectivity index (χ4v) is 8.52. The van der Waals surface area contributed by atoms with Crippen LogP contribution in [0.5, 0.6) is 5.88 Å². The number of nitrogens with one attached hydrogen (secondary N) is 1. The summed E-state index contributed by atoms with van der Waals surface area (Å²) in [4.78, 5) is 47.2. The standard InChI is InChI=1S/C20H17Cl2N5O5S4/c21-8-2-1-3-9(22)16(8)33-6-12(29)24-14-17(30)27-15(19(31)32)10(5-34-18(14)27)35-7-36-13-4-11(28)25-20(23)26-13/h1-4,14,18H,5-7H2,(H,24,29)(H,31,32)(H3,23,25,26,28)/t14-,18-/m1/s1. The largest absolute Gasteiger partial charge is 0.493 e. The zero-order valence-electron chi connectivity index (χ0n) is 18.0. The molecule has 3 heterocycles. The number of carbonyl (C=O) groups is 3. The van der Waals surface area contributed by atoms with Gasteiger partial charge in [0, 0.05) is 26.7 Å². The van der Waals surface area contributed by atoms with Crippen molar-refractivity contribution in [2.75, 3.05) is 22.3 Å². The minimum absolute atomic E-state index is 0.00627. The van der Waals surface area contributed by atoms with E-state index in [4.69, 9.17) is 28.9 Å². The normalized spacial score (nSPS) is 19.1. The number of fused-ring (bicyclic) bond motifs is 1. The molecule has 2 aromatic rings. The van der Waals surface area contributed by atoms with Crippen LogP contribution in [0.2, 0.25) is 10.0 Å². The molecule has 10 nitrogen and oxygen atoms in total. The molecule has 1 aromatic carbocycles. The molecule has 0 spiro atoms. The topological polar surface area (TPSA) is 159 Å².